The van der Waals surface area contributed by atoms with Crippen LogP contribution in [0.4, 0.5) is 0 Å². The number of benzene rings is 1. The van der Waals surface area contributed by atoms with E-state index < -0.39 is 6.10 Å². The van der Waals surface area contributed by atoms with Gasteiger partial charge in [0.05, 0.1) is 17.7 Å². The van der Waals surface area contributed by atoms with Gasteiger partial charge in [-0.25, -0.2) is 0 Å². The molecule has 0 bridgehead atoms. The molecule has 1 aliphatic rings. The molecule has 0 spiro atoms. The number of nitrogens with zero attached hydrogens (tertiary/aromatic N) is 1. The molecule has 2 heteroatoms. The Balaban J connectivity index is 2.25. The number of hydrogen-bond acceptors (Lipinski definition) is 2. The minimum atomic E-state index is -0.432. The SMILES string of the molecule is C[C@H]1CCCC(C)(C)[C@@H]1[C@@H](O)c1ccc(C#N)cc1. The van der Waals surface area contributed by atoms with E-state index in [-0.39, 0.29) is 11.3 Å². The van der Waals surface area contributed by atoms with Gasteiger partial charge in [0.15, 0.2) is 0 Å². The molecule has 1 saturated carbocycles. The van der Waals surface area contributed by atoms with Crippen LogP contribution < -0.4 is 0 Å². The lowest BCUT2D eigenvalue weighted by Crippen LogP contribution is -2.37. The topological polar surface area (TPSA) is 44.0 Å². The van der Waals surface area contributed by atoms with Crippen LogP contribution in [0.2, 0.25) is 0 Å². The lowest BCUT2D eigenvalue weighted by molar-refractivity contribution is -0.0292. The Morgan fingerprint density at radius 2 is 1.95 bits per heavy atom. The van der Waals surface area contributed by atoms with Crippen LogP contribution in [-0.4, -0.2) is 5.11 Å². The normalized spacial score (nSPS) is 27.5. The minimum absolute atomic E-state index is 0.172. The summed E-state index contributed by atoms with van der Waals surface area (Å²) in [7, 11) is 0. The summed E-state index contributed by atoms with van der Waals surface area (Å²) >= 11 is 0. The second-order valence-electron chi connectivity index (χ2n) is 6.56. The van der Waals surface area contributed by atoms with E-state index in [0.29, 0.717) is 11.5 Å². The molecule has 0 amide bonds. The summed E-state index contributed by atoms with van der Waals surface area (Å²) in [4.78, 5) is 0. The molecule has 0 aliphatic heterocycles. The molecule has 1 aromatic carbocycles. The lowest BCUT2D eigenvalue weighted by atomic mass is 9.61. The first-order valence-corrected chi connectivity index (χ1v) is 7.14. The van der Waals surface area contributed by atoms with Crippen molar-refractivity contribution in [2.24, 2.45) is 17.3 Å². The van der Waals surface area contributed by atoms with E-state index in [4.69, 9.17) is 5.26 Å². The summed E-state index contributed by atoms with van der Waals surface area (Å²) in [6, 6.07) is 9.48. The molecule has 2 nitrogen and oxygen atoms in total. The zero-order valence-corrected chi connectivity index (χ0v) is 12.1. The van der Waals surface area contributed by atoms with E-state index >= 15 is 0 Å². The number of hydrogen-bond donors (Lipinski definition) is 1. The highest BCUT2D eigenvalue weighted by molar-refractivity contribution is 5.32. The van der Waals surface area contributed by atoms with Crippen LogP contribution in [0, 0.1) is 28.6 Å². The smallest absolute Gasteiger partial charge is 0.0991 e. The molecule has 0 radical (unpaired) electrons. The zero-order chi connectivity index (χ0) is 14.0. The van der Waals surface area contributed by atoms with Crippen LogP contribution in [0.3, 0.4) is 0 Å². The Hall–Kier alpha value is -1.33. The van der Waals surface area contributed by atoms with Crippen LogP contribution in [0.15, 0.2) is 24.3 Å². The van der Waals surface area contributed by atoms with Crippen molar-refractivity contribution < 1.29 is 5.11 Å². The Kier molecular flexibility index (Phi) is 3.96. The fourth-order valence-electron chi connectivity index (χ4n) is 3.70. The Bertz CT molecular complexity index is 469. The third-order valence-corrected chi connectivity index (χ3v) is 4.72. The second kappa shape index (κ2) is 5.35. The fourth-order valence-corrected chi connectivity index (χ4v) is 3.70. The molecule has 1 fully saturated rings. The van der Waals surface area contributed by atoms with Crippen molar-refractivity contribution in [1.29, 1.82) is 5.26 Å². The van der Waals surface area contributed by atoms with Gasteiger partial charge >= 0.3 is 0 Å². The molecule has 0 saturated heterocycles. The maximum atomic E-state index is 10.7. The zero-order valence-electron chi connectivity index (χ0n) is 12.1. The summed E-state index contributed by atoms with van der Waals surface area (Å²) in [6.07, 6.45) is 3.19. The van der Waals surface area contributed by atoms with E-state index in [1.165, 1.54) is 19.3 Å². The Morgan fingerprint density at radius 3 is 2.47 bits per heavy atom. The molecular weight excluding hydrogens is 234 g/mol. The highest BCUT2D eigenvalue weighted by Gasteiger charge is 2.41. The van der Waals surface area contributed by atoms with E-state index in [2.05, 4.69) is 26.8 Å². The van der Waals surface area contributed by atoms with Crippen molar-refractivity contribution in [2.45, 2.75) is 46.1 Å². The summed E-state index contributed by atoms with van der Waals surface area (Å²) in [5, 5.41) is 19.6. The van der Waals surface area contributed by atoms with Crippen molar-refractivity contribution in [3.05, 3.63) is 35.4 Å². The number of aliphatic hydroxyl groups excluding tert-OH is 1. The lowest BCUT2D eigenvalue weighted by Gasteiger charge is -2.45. The third kappa shape index (κ3) is 2.82. The van der Waals surface area contributed by atoms with Crippen LogP contribution in [0.25, 0.3) is 0 Å². The van der Waals surface area contributed by atoms with Gasteiger partial charge in [-0.2, -0.15) is 5.26 Å². The van der Waals surface area contributed by atoms with E-state index in [1.54, 1.807) is 12.1 Å². The maximum absolute atomic E-state index is 10.7. The molecular formula is C17H23NO. The van der Waals surface area contributed by atoms with Crippen LogP contribution >= 0.6 is 0 Å². The first-order valence-electron chi connectivity index (χ1n) is 7.14. The molecule has 2 rings (SSSR count). The average Bonchev–Trinajstić information content (AvgIpc) is 2.37. The van der Waals surface area contributed by atoms with Crippen molar-refractivity contribution in [2.75, 3.05) is 0 Å². The van der Waals surface area contributed by atoms with Crippen LogP contribution in [0.1, 0.15) is 57.3 Å². The largest absolute Gasteiger partial charge is 0.388 e. The minimum Gasteiger partial charge on any atom is -0.388 e. The van der Waals surface area contributed by atoms with Crippen molar-refractivity contribution in [3.8, 4) is 6.07 Å². The van der Waals surface area contributed by atoms with Gasteiger partial charge in [0.2, 0.25) is 0 Å². The predicted octanol–water partition coefficient (Wildman–Crippen LogP) is 4.05. The molecule has 0 aromatic heterocycles. The highest BCUT2D eigenvalue weighted by atomic mass is 16.3. The van der Waals surface area contributed by atoms with Gasteiger partial charge in [-0.3, -0.25) is 0 Å². The van der Waals surface area contributed by atoms with Gasteiger partial charge in [0.1, 0.15) is 0 Å². The first kappa shape index (κ1) is 14.1. The summed E-state index contributed by atoms with van der Waals surface area (Å²) in [5.41, 5.74) is 1.75. The van der Waals surface area contributed by atoms with E-state index in [1.807, 2.05) is 12.1 Å². The molecule has 19 heavy (non-hydrogen) atoms. The third-order valence-electron chi connectivity index (χ3n) is 4.72. The number of nitriles is 1. The molecule has 0 unspecified atom stereocenters. The molecule has 0 heterocycles. The highest BCUT2D eigenvalue weighted by Crippen LogP contribution is 2.49. The molecule has 3 atom stereocenters. The fraction of sp³-hybridized carbons (Fsp3) is 0.588. The van der Waals surface area contributed by atoms with Crippen LogP contribution in [-0.2, 0) is 0 Å². The monoisotopic (exact) mass is 257 g/mol. The van der Waals surface area contributed by atoms with Gasteiger partial charge in [-0.1, -0.05) is 45.7 Å². The van der Waals surface area contributed by atoms with Gasteiger partial charge in [0, 0.05) is 0 Å². The molecule has 102 valence electrons. The van der Waals surface area contributed by atoms with Gasteiger partial charge in [0.25, 0.3) is 0 Å². The van der Waals surface area contributed by atoms with Crippen LogP contribution in [0.5, 0.6) is 0 Å². The van der Waals surface area contributed by atoms with Crippen molar-refractivity contribution in [1.82, 2.24) is 0 Å². The van der Waals surface area contributed by atoms with E-state index in [0.717, 1.165) is 5.56 Å². The predicted molar refractivity (Wildman–Crippen MR) is 76.4 cm³/mol. The quantitative estimate of drug-likeness (QED) is 0.868. The molecule has 1 aliphatic carbocycles. The van der Waals surface area contributed by atoms with E-state index in [9.17, 15) is 5.11 Å². The summed E-state index contributed by atoms with van der Waals surface area (Å²) in [5.74, 6) is 0.823. The molecule has 1 N–H and O–H groups in total. The number of aliphatic hydroxyl groups is 1. The first-order chi connectivity index (χ1) is 8.95. The standard InChI is InChI=1S/C17H23NO/c1-12-5-4-10-17(2,3)15(12)16(19)14-8-6-13(11-18)7-9-14/h6-9,12,15-16,19H,4-5,10H2,1-3H3/t12-,15-,16-/m0/s1. The van der Waals surface area contributed by atoms with Crippen molar-refractivity contribution in [3.63, 3.8) is 0 Å². The Labute approximate surface area is 116 Å². The van der Waals surface area contributed by atoms with Gasteiger partial charge in [-0.15, -0.1) is 0 Å². The Morgan fingerprint density at radius 1 is 1.32 bits per heavy atom. The summed E-state index contributed by atoms with van der Waals surface area (Å²) in [6.45, 7) is 6.78. The summed E-state index contributed by atoms with van der Waals surface area (Å²) < 4.78 is 0. The maximum Gasteiger partial charge on any atom is 0.0991 e. The molecule has 1 aromatic rings. The van der Waals surface area contributed by atoms with Gasteiger partial charge < -0.3 is 5.11 Å². The average molecular weight is 257 g/mol. The van der Waals surface area contributed by atoms with Crippen molar-refractivity contribution >= 4 is 0 Å². The number of rotatable bonds is 2. The van der Waals surface area contributed by atoms with Gasteiger partial charge in [-0.05, 0) is 41.4 Å². The second-order valence-corrected chi connectivity index (χ2v) is 6.56.